The second kappa shape index (κ2) is 3.77. The summed E-state index contributed by atoms with van der Waals surface area (Å²) >= 11 is 0. The van der Waals surface area contributed by atoms with E-state index in [1.165, 1.54) is 13.2 Å². The van der Waals surface area contributed by atoms with Gasteiger partial charge in [0.15, 0.2) is 11.6 Å². The van der Waals surface area contributed by atoms with E-state index < -0.39 is 11.6 Å². The van der Waals surface area contributed by atoms with Gasteiger partial charge in [-0.15, -0.1) is 0 Å². The fraction of sp³-hybridized carbons (Fsp3) is 0.455. The first-order chi connectivity index (χ1) is 7.17. The molecular weight excluding hydrogens is 200 g/mol. The summed E-state index contributed by atoms with van der Waals surface area (Å²) in [6.07, 6.45) is 0.942. The largest absolute Gasteiger partial charge is 0.496 e. The van der Waals surface area contributed by atoms with E-state index in [1.54, 1.807) is 0 Å². The highest BCUT2D eigenvalue weighted by Gasteiger charge is 2.39. The Bertz CT molecular complexity index is 381. The van der Waals surface area contributed by atoms with Crippen molar-refractivity contribution in [1.82, 2.24) is 5.32 Å². The van der Waals surface area contributed by atoms with Gasteiger partial charge in [0.1, 0.15) is 5.75 Å². The van der Waals surface area contributed by atoms with Gasteiger partial charge in [0.2, 0.25) is 0 Å². The zero-order chi connectivity index (χ0) is 11.0. The summed E-state index contributed by atoms with van der Waals surface area (Å²) in [5, 5.41) is 3.10. The maximum atomic E-state index is 13.1. The predicted molar refractivity (Wildman–Crippen MR) is 53.1 cm³/mol. The van der Waals surface area contributed by atoms with Crippen LogP contribution in [0.3, 0.4) is 0 Å². The van der Waals surface area contributed by atoms with E-state index in [-0.39, 0.29) is 5.92 Å². The fourth-order valence-corrected chi connectivity index (χ4v) is 1.87. The van der Waals surface area contributed by atoms with Crippen LogP contribution in [0.1, 0.15) is 17.9 Å². The summed E-state index contributed by atoms with van der Waals surface area (Å²) in [6.45, 7) is 0. The number of benzene rings is 1. The molecule has 0 spiro atoms. The first-order valence-electron chi connectivity index (χ1n) is 4.87. The minimum absolute atomic E-state index is 0.236. The van der Waals surface area contributed by atoms with E-state index in [2.05, 4.69) is 5.32 Å². The van der Waals surface area contributed by atoms with E-state index in [4.69, 9.17) is 4.74 Å². The molecule has 1 N–H and O–H groups in total. The molecular formula is C11H13F2NO. The first-order valence-corrected chi connectivity index (χ1v) is 4.87. The maximum absolute atomic E-state index is 13.1. The third-order valence-corrected chi connectivity index (χ3v) is 2.83. The van der Waals surface area contributed by atoms with Crippen molar-refractivity contribution in [2.24, 2.45) is 0 Å². The Labute approximate surface area is 87.2 Å². The van der Waals surface area contributed by atoms with Crippen molar-refractivity contribution in [2.75, 3.05) is 14.2 Å². The highest BCUT2D eigenvalue weighted by molar-refractivity contribution is 5.41. The summed E-state index contributed by atoms with van der Waals surface area (Å²) < 4.78 is 31.0. The van der Waals surface area contributed by atoms with Crippen molar-refractivity contribution in [3.05, 3.63) is 29.3 Å². The Morgan fingerprint density at radius 3 is 2.53 bits per heavy atom. The molecule has 0 heterocycles. The van der Waals surface area contributed by atoms with Crippen LogP contribution in [0, 0.1) is 11.6 Å². The van der Waals surface area contributed by atoms with Gasteiger partial charge in [0.05, 0.1) is 7.11 Å². The third kappa shape index (κ3) is 1.81. The molecule has 2 unspecified atom stereocenters. The van der Waals surface area contributed by atoms with Gasteiger partial charge >= 0.3 is 0 Å². The van der Waals surface area contributed by atoms with Crippen LogP contribution in [0.5, 0.6) is 5.75 Å². The molecule has 0 aliphatic heterocycles. The standard InChI is InChI=1S/C11H13F2NO/c1-14-10-4-6(10)7-3-8(12)9(13)5-11(7)15-2/h3,5-6,10,14H,4H2,1-2H3. The molecule has 2 atom stereocenters. The Morgan fingerprint density at radius 2 is 2.00 bits per heavy atom. The van der Waals surface area contributed by atoms with E-state index in [9.17, 15) is 8.78 Å². The summed E-state index contributed by atoms with van der Waals surface area (Å²) in [5.74, 6) is -1.01. The highest BCUT2D eigenvalue weighted by atomic mass is 19.2. The zero-order valence-corrected chi connectivity index (χ0v) is 8.68. The molecule has 0 saturated heterocycles. The third-order valence-electron chi connectivity index (χ3n) is 2.83. The van der Waals surface area contributed by atoms with E-state index in [0.29, 0.717) is 11.8 Å². The minimum atomic E-state index is -0.864. The van der Waals surface area contributed by atoms with Crippen LogP contribution in [0.25, 0.3) is 0 Å². The van der Waals surface area contributed by atoms with Gasteiger partial charge in [0, 0.05) is 23.6 Å². The Morgan fingerprint density at radius 1 is 1.33 bits per heavy atom. The summed E-state index contributed by atoms with van der Waals surface area (Å²) in [7, 11) is 3.32. The lowest BCUT2D eigenvalue weighted by molar-refractivity contribution is 0.400. The van der Waals surface area contributed by atoms with Crippen molar-refractivity contribution in [2.45, 2.75) is 18.4 Å². The summed E-state index contributed by atoms with van der Waals surface area (Å²) in [4.78, 5) is 0. The second-order valence-electron chi connectivity index (χ2n) is 3.75. The Kier molecular flexibility index (Phi) is 2.61. The van der Waals surface area contributed by atoms with Gasteiger partial charge in [-0.1, -0.05) is 0 Å². The Hall–Kier alpha value is -1.16. The zero-order valence-electron chi connectivity index (χ0n) is 8.68. The molecule has 1 aliphatic carbocycles. The molecule has 1 saturated carbocycles. The van der Waals surface area contributed by atoms with Crippen LogP contribution < -0.4 is 10.1 Å². The normalized spacial score (nSPS) is 24.0. The molecule has 1 fully saturated rings. The van der Waals surface area contributed by atoms with Crippen LogP contribution in [0.15, 0.2) is 12.1 Å². The molecule has 4 heteroatoms. The molecule has 82 valence electrons. The van der Waals surface area contributed by atoms with Crippen molar-refractivity contribution in [3.8, 4) is 5.75 Å². The van der Waals surface area contributed by atoms with Crippen LogP contribution >= 0.6 is 0 Å². The van der Waals surface area contributed by atoms with Crippen molar-refractivity contribution in [1.29, 1.82) is 0 Å². The van der Waals surface area contributed by atoms with Gasteiger partial charge in [-0.3, -0.25) is 0 Å². The molecule has 2 nitrogen and oxygen atoms in total. The number of hydrogen-bond donors (Lipinski definition) is 1. The SMILES string of the molecule is CNC1CC1c1cc(F)c(F)cc1OC. The first kappa shape index (κ1) is 10.4. The van der Waals surface area contributed by atoms with E-state index in [0.717, 1.165) is 18.1 Å². The Balaban J connectivity index is 2.34. The number of nitrogens with one attached hydrogen (secondary N) is 1. The molecule has 2 rings (SSSR count). The van der Waals surface area contributed by atoms with Gasteiger partial charge in [0.25, 0.3) is 0 Å². The topological polar surface area (TPSA) is 21.3 Å². The predicted octanol–water partition coefficient (Wildman–Crippen LogP) is 2.05. The lowest BCUT2D eigenvalue weighted by Gasteiger charge is -2.08. The minimum Gasteiger partial charge on any atom is -0.496 e. The molecule has 0 aromatic heterocycles. The second-order valence-corrected chi connectivity index (χ2v) is 3.75. The number of ether oxygens (including phenoxy) is 1. The lowest BCUT2D eigenvalue weighted by Crippen LogP contribution is -2.10. The van der Waals surface area contributed by atoms with E-state index >= 15 is 0 Å². The lowest BCUT2D eigenvalue weighted by atomic mass is 10.1. The van der Waals surface area contributed by atoms with Gasteiger partial charge in [-0.25, -0.2) is 8.78 Å². The summed E-state index contributed by atoms with van der Waals surface area (Å²) in [6, 6.07) is 2.69. The van der Waals surface area contributed by atoms with Gasteiger partial charge in [-0.05, 0) is 19.5 Å². The number of hydrogen-bond acceptors (Lipinski definition) is 2. The van der Waals surface area contributed by atoms with Crippen molar-refractivity contribution in [3.63, 3.8) is 0 Å². The maximum Gasteiger partial charge on any atom is 0.162 e. The van der Waals surface area contributed by atoms with Crippen LogP contribution in [-0.2, 0) is 0 Å². The molecule has 15 heavy (non-hydrogen) atoms. The van der Waals surface area contributed by atoms with Gasteiger partial charge < -0.3 is 10.1 Å². The number of rotatable bonds is 3. The number of methoxy groups -OCH3 is 1. The molecule has 1 aromatic carbocycles. The quantitative estimate of drug-likeness (QED) is 0.829. The van der Waals surface area contributed by atoms with Crippen molar-refractivity contribution >= 4 is 0 Å². The number of halogens is 2. The van der Waals surface area contributed by atoms with Crippen LogP contribution in [-0.4, -0.2) is 20.2 Å². The molecule has 1 aliphatic rings. The highest BCUT2D eigenvalue weighted by Crippen LogP contribution is 2.45. The van der Waals surface area contributed by atoms with Gasteiger partial charge in [-0.2, -0.15) is 0 Å². The van der Waals surface area contributed by atoms with Crippen LogP contribution in [0.4, 0.5) is 8.78 Å². The molecule has 0 radical (unpaired) electrons. The monoisotopic (exact) mass is 213 g/mol. The molecule has 1 aromatic rings. The molecule has 0 bridgehead atoms. The van der Waals surface area contributed by atoms with Crippen molar-refractivity contribution < 1.29 is 13.5 Å². The summed E-state index contributed by atoms with van der Waals surface area (Å²) in [5.41, 5.74) is 0.746. The molecule has 0 amide bonds. The van der Waals surface area contributed by atoms with E-state index in [1.807, 2.05) is 7.05 Å². The fourth-order valence-electron chi connectivity index (χ4n) is 1.87. The number of likely N-dealkylation sites (N-methyl/N-ethyl adjacent to an activating group) is 1. The smallest absolute Gasteiger partial charge is 0.162 e. The average molecular weight is 213 g/mol. The average Bonchev–Trinajstić information content (AvgIpc) is 3.00. The van der Waals surface area contributed by atoms with Crippen LogP contribution in [0.2, 0.25) is 0 Å².